The van der Waals surface area contributed by atoms with Crippen molar-refractivity contribution >= 4 is 37.9 Å². The van der Waals surface area contributed by atoms with Crippen LogP contribution in [-0.4, -0.2) is 44.3 Å². The second-order valence-corrected chi connectivity index (χ2v) is 10.4. The molecule has 0 bridgehead atoms. The monoisotopic (exact) mass is 415 g/mol. The van der Waals surface area contributed by atoms with E-state index in [9.17, 15) is 8.42 Å². The van der Waals surface area contributed by atoms with E-state index in [-0.39, 0.29) is 5.60 Å². The van der Waals surface area contributed by atoms with E-state index in [4.69, 9.17) is 4.74 Å². The zero-order chi connectivity index (χ0) is 19.4. The number of nitrogens with zero attached hydrogens (tertiary/aromatic N) is 3. The van der Waals surface area contributed by atoms with Crippen LogP contribution in [0.5, 0.6) is 0 Å². The number of aromatic nitrogens is 2. The standard InChI is InChI=1S/C20H21N3O3S2/c1-28(24,25)15-2-3-17-16(12-15)19(22-13-21-17)23-8-6-20(7-9-23)18-14(4-10-26-20)5-11-27-18/h2-3,5,11-13H,4,6-10H2,1H3. The highest BCUT2D eigenvalue weighted by atomic mass is 32.2. The molecule has 8 heteroatoms. The summed E-state index contributed by atoms with van der Waals surface area (Å²) in [6, 6.07) is 7.28. The van der Waals surface area contributed by atoms with Crippen LogP contribution in [0.25, 0.3) is 10.9 Å². The van der Waals surface area contributed by atoms with Crippen LogP contribution in [0, 0.1) is 0 Å². The second kappa shape index (κ2) is 6.50. The third-order valence-electron chi connectivity index (χ3n) is 5.79. The summed E-state index contributed by atoms with van der Waals surface area (Å²) in [5.74, 6) is 0.799. The van der Waals surface area contributed by atoms with E-state index in [0.29, 0.717) is 4.90 Å². The summed E-state index contributed by atoms with van der Waals surface area (Å²) in [4.78, 5) is 12.7. The lowest BCUT2D eigenvalue weighted by Crippen LogP contribution is -2.46. The van der Waals surface area contributed by atoms with Gasteiger partial charge in [0.25, 0.3) is 0 Å². The maximum absolute atomic E-state index is 12.0. The lowest BCUT2D eigenvalue weighted by atomic mass is 9.85. The molecule has 146 valence electrons. The van der Waals surface area contributed by atoms with Crippen molar-refractivity contribution in [2.75, 3.05) is 30.9 Å². The van der Waals surface area contributed by atoms with Gasteiger partial charge in [0, 0.05) is 29.6 Å². The van der Waals surface area contributed by atoms with Crippen molar-refractivity contribution in [3.8, 4) is 0 Å². The quantitative estimate of drug-likeness (QED) is 0.640. The maximum atomic E-state index is 12.0. The number of hydrogen-bond donors (Lipinski definition) is 0. The number of hydrogen-bond acceptors (Lipinski definition) is 7. The zero-order valence-corrected chi connectivity index (χ0v) is 17.2. The first-order chi connectivity index (χ1) is 13.5. The molecule has 1 fully saturated rings. The summed E-state index contributed by atoms with van der Waals surface area (Å²) in [5.41, 5.74) is 2.00. The molecule has 28 heavy (non-hydrogen) atoms. The van der Waals surface area contributed by atoms with Crippen molar-refractivity contribution in [1.29, 1.82) is 0 Å². The summed E-state index contributed by atoms with van der Waals surface area (Å²) in [6.45, 7) is 2.40. The highest BCUT2D eigenvalue weighted by Crippen LogP contribution is 2.45. The normalized spacial score (nSPS) is 19.1. The molecule has 0 aliphatic carbocycles. The van der Waals surface area contributed by atoms with Gasteiger partial charge in [-0.2, -0.15) is 0 Å². The molecule has 1 saturated heterocycles. The van der Waals surface area contributed by atoms with Crippen molar-refractivity contribution in [2.24, 2.45) is 0 Å². The first-order valence-corrected chi connectivity index (χ1v) is 12.1. The molecule has 2 aliphatic heterocycles. The average molecular weight is 416 g/mol. The van der Waals surface area contributed by atoms with E-state index in [0.717, 1.165) is 55.7 Å². The van der Waals surface area contributed by atoms with Crippen molar-refractivity contribution in [3.05, 3.63) is 46.4 Å². The molecule has 0 amide bonds. The molecule has 0 atom stereocenters. The predicted octanol–water partition coefficient (Wildman–Crippen LogP) is 3.16. The Morgan fingerprint density at radius 1 is 1.18 bits per heavy atom. The van der Waals surface area contributed by atoms with E-state index in [1.807, 2.05) is 0 Å². The number of benzene rings is 1. The summed E-state index contributed by atoms with van der Waals surface area (Å²) >= 11 is 1.80. The van der Waals surface area contributed by atoms with Crippen molar-refractivity contribution in [3.63, 3.8) is 0 Å². The SMILES string of the molecule is CS(=O)(=O)c1ccc2ncnc(N3CCC4(CC3)OCCc3ccsc34)c2c1. The number of sulfone groups is 1. The van der Waals surface area contributed by atoms with Crippen LogP contribution in [0.1, 0.15) is 23.3 Å². The Bertz CT molecular complexity index is 1150. The fourth-order valence-corrected chi connectivity index (χ4v) is 6.13. The topological polar surface area (TPSA) is 72.4 Å². The number of piperidine rings is 1. The summed E-state index contributed by atoms with van der Waals surface area (Å²) in [5, 5.41) is 2.95. The highest BCUT2D eigenvalue weighted by Gasteiger charge is 2.42. The molecule has 3 aromatic rings. The molecule has 1 aromatic carbocycles. The highest BCUT2D eigenvalue weighted by molar-refractivity contribution is 7.90. The van der Waals surface area contributed by atoms with Gasteiger partial charge in [-0.15, -0.1) is 11.3 Å². The maximum Gasteiger partial charge on any atom is 0.175 e. The second-order valence-electron chi connectivity index (χ2n) is 7.50. The Hall–Kier alpha value is -2.03. The van der Waals surface area contributed by atoms with Gasteiger partial charge in [0.05, 0.1) is 17.0 Å². The fourth-order valence-electron chi connectivity index (χ4n) is 4.31. The van der Waals surface area contributed by atoms with Gasteiger partial charge >= 0.3 is 0 Å². The van der Waals surface area contributed by atoms with Crippen molar-refractivity contribution in [1.82, 2.24) is 9.97 Å². The molecule has 4 heterocycles. The van der Waals surface area contributed by atoms with E-state index in [1.54, 1.807) is 35.9 Å². The number of fused-ring (bicyclic) bond motifs is 3. The number of rotatable bonds is 2. The number of thiophene rings is 1. The average Bonchev–Trinajstić information content (AvgIpc) is 3.18. The number of anilines is 1. The Labute approximate surface area is 168 Å². The fraction of sp³-hybridized carbons (Fsp3) is 0.400. The van der Waals surface area contributed by atoms with Crippen LogP contribution in [0.2, 0.25) is 0 Å². The van der Waals surface area contributed by atoms with Crippen molar-refractivity contribution < 1.29 is 13.2 Å². The predicted molar refractivity (Wildman–Crippen MR) is 110 cm³/mol. The molecule has 0 saturated carbocycles. The minimum absolute atomic E-state index is 0.182. The summed E-state index contributed by atoms with van der Waals surface area (Å²) < 4.78 is 30.3. The lowest BCUT2D eigenvalue weighted by Gasteiger charge is -2.44. The Balaban J connectivity index is 1.48. The van der Waals surface area contributed by atoms with E-state index < -0.39 is 9.84 Å². The zero-order valence-electron chi connectivity index (χ0n) is 15.6. The first-order valence-electron chi connectivity index (χ1n) is 9.37. The summed E-state index contributed by atoms with van der Waals surface area (Å²) in [6.07, 6.45) is 5.57. The van der Waals surface area contributed by atoms with Crippen LogP contribution < -0.4 is 4.90 Å². The van der Waals surface area contributed by atoms with Gasteiger partial charge in [-0.3, -0.25) is 0 Å². The van der Waals surface area contributed by atoms with Gasteiger partial charge in [0.2, 0.25) is 0 Å². The molecule has 6 nitrogen and oxygen atoms in total. The molecule has 2 aromatic heterocycles. The first kappa shape index (κ1) is 18.0. The molecule has 0 unspecified atom stereocenters. The van der Waals surface area contributed by atoms with Crippen molar-refractivity contribution in [2.45, 2.75) is 29.8 Å². The van der Waals surface area contributed by atoms with Gasteiger partial charge < -0.3 is 9.64 Å². The molecule has 0 N–H and O–H groups in total. The minimum Gasteiger partial charge on any atom is -0.369 e. The van der Waals surface area contributed by atoms with Crippen LogP contribution in [-0.2, 0) is 26.6 Å². The van der Waals surface area contributed by atoms with E-state index in [2.05, 4.69) is 26.3 Å². The van der Waals surface area contributed by atoms with Gasteiger partial charge in [-0.25, -0.2) is 18.4 Å². The summed E-state index contributed by atoms with van der Waals surface area (Å²) in [7, 11) is -3.28. The molecule has 2 aliphatic rings. The van der Waals surface area contributed by atoms with Crippen LogP contribution >= 0.6 is 11.3 Å². The van der Waals surface area contributed by atoms with Gasteiger partial charge in [0.1, 0.15) is 17.7 Å². The molecule has 5 rings (SSSR count). The molecular formula is C20H21N3O3S2. The smallest absolute Gasteiger partial charge is 0.175 e. The largest absolute Gasteiger partial charge is 0.369 e. The Kier molecular flexibility index (Phi) is 4.19. The van der Waals surface area contributed by atoms with Crippen LogP contribution in [0.3, 0.4) is 0 Å². The lowest BCUT2D eigenvalue weighted by molar-refractivity contribution is -0.0735. The Morgan fingerprint density at radius 3 is 2.79 bits per heavy atom. The third kappa shape index (κ3) is 2.91. The minimum atomic E-state index is -3.28. The van der Waals surface area contributed by atoms with Crippen LogP contribution in [0.15, 0.2) is 40.9 Å². The molecule has 1 spiro atoms. The molecular weight excluding hydrogens is 394 g/mol. The number of ether oxygens (including phenoxy) is 1. The van der Waals surface area contributed by atoms with Gasteiger partial charge in [-0.1, -0.05) is 0 Å². The van der Waals surface area contributed by atoms with Crippen LogP contribution in [0.4, 0.5) is 5.82 Å². The van der Waals surface area contributed by atoms with E-state index >= 15 is 0 Å². The van der Waals surface area contributed by atoms with Gasteiger partial charge in [0.15, 0.2) is 9.84 Å². The Morgan fingerprint density at radius 2 is 2.00 bits per heavy atom. The third-order valence-corrected chi connectivity index (χ3v) is 8.05. The van der Waals surface area contributed by atoms with E-state index in [1.165, 1.54) is 16.7 Å². The molecule has 0 radical (unpaired) electrons. The van der Waals surface area contributed by atoms with Gasteiger partial charge in [-0.05, 0) is 54.5 Å².